The number of carbonyl (C=O) groups excluding carboxylic acids is 1. The molecule has 0 amide bonds. The average Bonchev–Trinajstić information content (AvgIpc) is 2.73. The number of hydrogen-bond donors (Lipinski definition) is 5. The Labute approximate surface area is 179 Å². The van der Waals surface area contributed by atoms with Gasteiger partial charge < -0.3 is 30.3 Å². The lowest BCUT2D eigenvalue weighted by molar-refractivity contribution is -0.147. The molecule has 0 aliphatic rings. The fourth-order valence-corrected chi connectivity index (χ4v) is 2.18. The molecule has 30 heavy (non-hydrogen) atoms. The summed E-state index contributed by atoms with van der Waals surface area (Å²) in [5, 5.41) is 47.1. The molecule has 0 aromatic rings. The van der Waals surface area contributed by atoms with Crippen LogP contribution in [0.15, 0.2) is 60.8 Å². The third-order valence-electron chi connectivity index (χ3n) is 3.90. The highest BCUT2D eigenvalue weighted by Gasteiger charge is 2.14. The molecule has 0 fully saturated rings. The number of aliphatic hydroxyl groups is 5. The van der Waals surface area contributed by atoms with E-state index in [0.29, 0.717) is 12.8 Å². The first-order valence-electron chi connectivity index (χ1n) is 10.2. The first-order chi connectivity index (χ1) is 14.4. The number of ether oxygens (including phenoxy) is 1. The predicted molar refractivity (Wildman–Crippen MR) is 117 cm³/mol. The fourth-order valence-electron chi connectivity index (χ4n) is 2.18. The lowest BCUT2D eigenvalue weighted by Gasteiger charge is -2.14. The number of esters is 1. The van der Waals surface area contributed by atoms with Gasteiger partial charge in [0, 0.05) is 6.42 Å². The van der Waals surface area contributed by atoms with Crippen molar-refractivity contribution in [2.24, 2.45) is 0 Å². The largest absolute Gasteiger partial charge is 0.463 e. The van der Waals surface area contributed by atoms with Crippen molar-refractivity contribution in [3.63, 3.8) is 0 Å². The van der Waals surface area contributed by atoms with E-state index in [1.54, 1.807) is 42.5 Å². The van der Waals surface area contributed by atoms with Crippen LogP contribution < -0.4 is 0 Å². The Bertz CT molecular complexity index is 578. The fraction of sp³-hybridized carbons (Fsp3) is 0.522. The number of aliphatic hydroxyl groups excluding tert-OH is 5. The lowest BCUT2D eigenvalue weighted by atomic mass is 10.1. The molecule has 0 saturated carbocycles. The minimum Gasteiger partial charge on any atom is -0.463 e. The molecule has 0 aliphatic heterocycles. The monoisotopic (exact) mass is 424 g/mol. The molecule has 0 saturated heterocycles. The molecule has 0 aromatic heterocycles. The van der Waals surface area contributed by atoms with Crippen LogP contribution in [0.1, 0.15) is 39.0 Å². The third kappa shape index (κ3) is 16.9. The molecule has 0 unspecified atom stereocenters. The summed E-state index contributed by atoms with van der Waals surface area (Å²) in [6, 6.07) is 0. The Balaban J connectivity index is 4.03. The summed E-state index contributed by atoms with van der Waals surface area (Å²) in [4.78, 5) is 11.4. The van der Waals surface area contributed by atoms with Crippen molar-refractivity contribution >= 4 is 5.97 Å². The van der Waals surface area contributed by atoms with Crippen LogP contribution in [0, 0.1) is 0 Å². The predicted octanol–water partition coefficient (Wildman–Crippen LogP) is 1.72. The number of carbonyl (C=O) groups is 1. The molecule has 5 N–H and O–H groups in total. The first kappa shape index (κ1) is 28.0. The van der Waals surface area contributed by atoms with Gasteiger partial charge >= 0.3 is 5.97 Å². The summed E-state index contributed by atoms with van der Waals surface area (Å²) in [6.45, 7) is 1.29. The van der Waals surface area contributed by atoms with Crippen LogP contribution in [-0.4, -0.2) is 69.1 Å². The van der Waals surface area contributed by atoms with Crippen molar-refractivity contribution in [3.05, 3.63) is 60.8 Å². The van der Waals surface area contributed by atoms with Crippen LogP contribution in [0.3, 0.4) is 0 Å². The highest BCUT2D eigenvalue weighted by atomic mass is 16.5. The van der Waals surface area contributed by atoms with Crippen LogP contribution >= 0.6 is 0 Å². The zero-order valence-corrected chi connectivity index (χ0v) is 17.6. The van der Waals surface area contributed by atoms with Crippen LogP contribution in [0.2, 0.25) is 0 Å². The summed E-state index contributed by atoms with van der Waals surface area (Å²) in [5.74, 6) is -0.534. The van der Waals surface area contributed by atoms with Gasteiger partial charge in [-0.2, -0.15) is 0 Å². The Morgan fingerprint density at radius 1 is 0.933 bits per heavy atom. The Hall–Kier alpha value is -2.03. The molecule has 0 spiro atoms. The Kier molecular flexibility index (Phi) is 17.7. The van der Waals surface area contributed by atoms with Gasteiger partial charge in [-0.3, -0.25) is 4.79 Å². The molecule has 0 aromatic carbocycles. The lowest BCUT2D eigenvalue weighted by Crippen LogP contribution is -2.24. The summed E-state index contributed by atoms with van der Waals surface area (Å²) in [6.07, 6.45) is 15.9. The van der Waals surface area contributed by atoms with Gasteiger partial charge in [-0.1, -0.05) is 67.7 Å². The van der Waals surface area contributed by atoms with E-state index in [1.807, 2.05) is 19.1 Å². The smallest absolute Gasteiger partial charge is 0.305 e. The maximum atomic E-state index is 11.4. The second-order valence-electron chi connectivity index (χ2n) is 6.69. The third-order valence-corrected chi connectivity index (χ3v) is 3.90. The highest BCUT2D eigenvalue weighted by molar-refractivity contribution is 5.69. The molecule has 0 rings (SSSR count). The van der Waals surface area contributed by atoms with Crippen molar-refractivity contribution in [1.82, 2.24) is 0 Å². The summed E-state index contributed by atoms with van der Waals surface area (Å²) in [7, 11) is 0. The first-order valence-corrected chi connectivity index (χ1v) is 10.2. The molecule has 170 valence electrons. The molecule has 0 bridgehead atoms. The molecule has 0 radical (unpaired) electrons. The van der Waals surface area contributed by atoms with E-state index in [-0.39, 0.29) is 19.4 Å². The standard InChI is InChI=1S/C23H36O7/c1-2-3-8-12-19(25)13-9-6-4-5-7-10-14-21(27)22(28)15-11-16-23(29)30-18-20(26)17-24/h3-10,13-14,19-22,24-28H,2,11-12,15-18H2,1H3/b6-4+,7-5-,8-3-,13-9+,14-10-/t19-,20+,21+,22+/m1/s1. The van der Waals surface area contributed by atoms with Gasteiger partial charge in [-0.25, -0.2) is 0 Å². The summed E-state index contributed by atoms with van der Waals surface area (Å²) < 4.78 is 4.75. The maximum Gasteiger partial charge on any atom is 0.305 e. The SMILES string of the molecule is CC/C=C\C[C@@H](O)/C=C/C=C/C=C\C=C/[C@H](O)[C@@H](O)CCCC(=O)OC[C@@H](O)CO. The maximum absolute atomic E-state index is 11.4. The van der Waals surface area contributed by atoms with Crippen molar-refractivity contribution in [1.29, 1.82) is 0 Å². The quantitative estimate of drug-likeness (QED) is 0.145. The van der Waals surface area contributed by atoms with E-state index in [4.69, 9.17) is 14.9 Å². The van der Waals surface area contributed by atoms with Crippen LogP contribution in [-0.2, 0) is 9.53 Å². The number of rotatable bonds is 16. The van der Waals surface area contributed by atoms with E-state index in [1.165, 1.54) is 6.08 Å². The second-order valence-corrected chi connectivity index (χ2v) is 6.69. The van der Waals surface area contributed by atoms with Gasteiger partial charge in [0.2, 0.25) is 0 Å². The zero-order valence-electron chi connectivity index (χ0n) is 17.6. The van der Waals surface area contributed by atoms with Crippen molar-refractivity contribution < 1.29 is 35.1 Å². The second kappa shape index (κ2) is 19.0. The van der Waals surface area contributed by atoms with Crippen LogP contribution in [0.4, 0.5) is 0 Å². The highest BCUT2D eigenvalue weighted by Crippen LogP contribution is 2.07. The molecule has 7 nitrogen and oxygen atoms in total. The average molecular weight is 425 g/mol. The van der Waals surface area contributed by atoms with Gasteiger partial charge in [-0.15, -0.1) is 0 Å². The van der Waals surface area contributed by atoms with Gasteiger partial charge in [-0.05, 0) is 25.7 Å². The molecule has 0 heterocycles. The van der Waals surface area contributed by atoms with Gasteiger partial charge in [0.15, 0.2) is 0 Å². The van der Waals surface area contributed by atoms with E-state index >= 15 is 0 Å². The van der Waals surface area contributed by atoms with E-state index in [2.05, 4.69) is 0 Å². The van der Waals surface area contributed by atoms with Crippen molar-refractivity contribution in [2.75, 3.05) is 13.2 Å². The number of hydrogen-bond acceptors (Lipinski definition) is 7. The molecule has 7 heteroatoms. The summed E-state index contributed by atoms with van der Waals surface area (Å²) >= 11 is 0. The normalized spacial score (nSPS) is 16.9. The molecule has 4 atom stereocenters. The Morgan fingerprint density at radius 3 is 2.20 bits per heavy atom. The molecular formula is C23H36O7. The van der Waals surface area contributed by atoms with Crippen LogP contribution in [0.5, 0.6) is 0 Å². The summed E-state index contributed by atoms with van der Waals surface area (Å²) in [5.41, 5.74) is 0. The van der Waals surface area contributed by atoms with E-state index < -0.39 is 37.0 Å². The van der Waals surface area contributed by atoms with Gasteiger partial charge in [0.05, 0.1) is 24.9 Å². The van der Waals surface area contributed by atoms with Crippen molar-refractivity contribution in [3.8, 4) is 0 Å². The van der Waals surface area contributed by atoms with Gasteiger partial charge in [0.25, 0.3) is 0 Å². The Morgan fingerprint density at radius 2 is 1.57 bits per heavy atom. The minimum absolute atomic E-state index is 0.0491. The van der Waals surface area contributed by atoms with E-state index in [0.717, 1.165) is 6.42 Å². The topological polar surface area (TPSA) is 127 Å². The molecule has 0 aliphatic carbocycles. The van der Waals surface area contributed by atoms with Crippen LogP contribution in [0.25, 0.3) is 0 Å². The minimum atomic E-state index is -1.09. The molecular weight excluding hydrogens is 388 g/mol. The number of allylic oxidation sites excluding steroid dienone is 7. The zero-order chi connectivity index (χ0) is 22.6. The van der Waals surface area contributed by atoms with Crippen molar-refractivity contribution in [2.45, 2.75) is 63.4 Å². The van der Waals surface area contributed by atoms with E-state index in [9.17, 15) is 20.1 Å². The van der Waals surface area contributed by atoms with Gasteiger partial charge in [0.1, 0.15) is 12.7 Å².